The number of halogens is 1. The smallest absolute Gasteiger partial charge is 0.139 e. The number of aromatic nitrogens is 3. The predicted octanol–water partition coefficient (Wildman–Crippen LogP) is 5.20. The van der Waals surface area contributed by atoms with Crippen molar-refractivity contribution in [3.8, 4) is 11.6 Å². The van der Waals surface area contributed by atoms with Gasteiger partial charge in [0.2, 0.25) is 0 Å². The Hall–Kier alpha value is -2.00. The van der Waals surface area contributed by atoms with E-state index in [4.69, 9.17) is 16.1 Å². The summed E-state index contributed by atoms with van der Waals surface area (Å²) in [5.74, 6) is 1.76. The average molecular weight is 507 g/mol. The Bertz CT molecular complexity index is 897. The highest BCUT2D eigenvalue weighted by Gasteiger charge is 2.12. The van der Waals surface area contributed by atoms with E-state index in [9.17, 15) is 0 Å². The Balaban J connectivity index is 0.00000136. The first-order valence-electron chi connectivity index (χ1n) is 8.84. The number of rotatable bonds is 5. The zero-order valence-electron chi connectivity index (χ0n) is 16.6. The summed E-state index contributed by atoms with van der Waals surface area (Å²) >= 11 is 1.84. The van der Waals surface area contributed by atoms with Gasteiger partial charge in [-0.15, -0.1) is 9.80 Å². The molecule has 3 rings (SSSR count). The van der Waals surface area contributed by atoms with Gasteiger partial charge in [0.05, 0.1) is 0 Å². The van der Waals surface area contributed by atoms with Crippen molar-refractivity contribution < 1.29 is 0 Å². The molecule has 0 saturated heterocycles. The van der Waals surface area contributed by atoms with Gasteiger partial charge >= 0.3 is 0 Å². The normalized spacial score (nSPS) is 11.1. The summed E-state index contributed by atoms with van der Waals surface area (Å²) in [6, 6.07) is 12.5. The number of nitrogens with one attached hydrogen (secondary N) is 1. The standard InChI is InChI=1S/C21H25N5.HIS/c1-14-5-6-15(2)25(14)20-10-18(9-19(12-22)13-23)11-21(24-20)26-16(3)7-8-17(26)4;1-2/h5-8,10-13,22H,9,23H2,1-4H3;2H/b19-13-,22-12?;. The molecule has 0 radical (unpaired) electrons. The zero-order chi connectivity index (χ0) is 20.8. The molecule has 3 N–H and O–H groups in total. The highest BCUT2D eigenvalue weighted by Crippen LogP contribution is 2.22. The third-order valence-electron chi connectivity index (χ3n) is 4.67. The van der Waals surface area contributed by atoms with Crippen LogP contribution in [0.25, 0.3) is 11.6 Å². The van der Waals surface area contributed by atoms with Crippen molar-refractivity contribution in [2.45, 2.75) is 34.1 Å². The summed E-state index contributed by atoms with van der Waals surface area (Å²) in [6.45, 7) is 8.32. The van der Waals surface area contributed by atoms with Crippen molar-refractivity contribution in [1.82, 2.24) is 14.1 Å². The van der Waals surface area contributed by atoms with Crippen LogP contribution in [0.1, 0.15) is 28.3 Å². The number of allylic oxidation sites excluding steroid dienone is 1. The van der Waals surface area contributed by atoms with Crippen molar-refractivity contribution in [3.63, 3.8) is 0 Å². The van der Waals surface area contributed by atoms with Crippen LogP contribution in [0.2, 0.25) is 0 Å². The molecule has 0 aliphatic heterocycles. The van der Waals surface area contributed by atoms with Crippen molar-refractivity contribution >= 4 is 37.2 Å². The fourth-order valence-electron chi connectivity index (χ4n) is 3.34. The molecule has 148 valence electrons. The van der Waals surface area contributed by atoms with Crippen molar-refractivity contribution in [1.29, 1.82) is 5.41 Å². The second-order valence-corrected chi connectivity index (χ2v) is 6.66. The minimum Gasteiger partial charge on any atom is -0.404 e. The molecule has 0 spiro atoms. The number of hydrogen-bond donors (Lipinski definition) is 3. The van der Waals surface area contributed by atoms with Gasteiger partial charge in [-0.1, -0.05) is 0 Å². The summed E-state index contributed by atoms with van der Waals surface area (Å²) in [5, 5.41) is 7.53. The van der Waals surface area contributed by atoms with Gasteiger partial charge in [-0.05, 0) is 103 Å². The number of aryl methyl sites for hydroxylation is 4. The molecule has 0 fully saturated rings. The van der Waals surface area contributed by atoms with Gasteiger partial charge in [0.25, 0.3) is 0 Å². The molecule has 3 aromatic rings. The first-order chi connectivity index (χ1) is 13.4. The van der Waals surface area contributed by atoms with Crippen LogP contribution in [0.3, 0.4) is 0 Å². The van der Waals surface area contributed by atoms with Gasteiger partial charge < -0.3 is 20.3 Å². The van der Waals surface area contributed by atoms with Crippen LogP contribution in [0, 0.1) is 33.1 Å². The van der Waals surface area contributed by atoms with Crippen LogP contribution in [0.5, 0.6) is 0 Å². The number of pyridine rings is 1. The van der Waals surface area contributed by atoms with Crippen LogP contribution < -0.4 is 5.73 Å². The molecule has 0 aliphatic carbocycles. The molecule has 3 aromatic heterocycles. The Labute approximate surface area is 184 Å². The van der Waals surface area contributed by atoms with E-state index in [2.05, 4.69) is 83.0 Å². The molecule has 5 nitrogen and oxygen atoms in total. The van der Waals surface area contributed by atoms with E-state index in [1.54, 1.807) is 0 Å². The lowest BCUT2D eigenvalue weighted by molar-refractivity contribution is 0.867. The van der Waals surface area contributed by atoms with Crippen molar-refractivity contribution in [2.75, 3.05) is 0 Å². The number of thiol groups is 1. The second kappa shape index (κ2) is 9.97. The maximum Gasteiger partial charge on any atom is 0.139 e. The fraction of sp³-hybridized carbons (Fsp3) is 0.238. The highest BCUT2D eigenvalue weighted by molar-refractivity contribution is 14.2. The van der Waals surface area contributed by atoms with Crippen molar-refractivity contribution in [2.24, 2.45) is 5.73 Å². The van der Waals surface area contributed by atoms with E-state index in [0.717, 1.165) is 45.5 Å². The molecule has 7 heteroatoms. The van der Waals surface area contributed by atoms with Crippen LogP contribution in [-0.4, -0.2) is 20.3 Å². The largest absolute Gasteiger partial charge is 0.404 e. The molecule has 0 saturated carbocycles. The third kappa shape index (κ3) is 4.70. The van der Waals surface area contributed by atoms with Gasteiger partial charge in [-0.3, -0.25) is 0 Å². The molecule has 0 amide bonds. The summed E-state index contributed by atoms with van der Waals surface area (Å²) in [6.07, 6.45) is 3.39. The fourth-order valence-corrected chi connectivity index (χ4v) is 3.34. The number of hydrogen-bond acceptors (Lipinski definition) is 4. The maximum absolute atomic E-state index is 7.53. The van der Waals surface area contributed by atoms with Gasteiger partial charge in [-0.2, -0.15) is 0 Å². The molecular formula is C21H26IN5S. The SMILES string of the molecule is Cc1ccc(C)n1-c1cc(C/C(C=N)=C/N)cc(-n2c(C)ccc2C)n1.SI. The van der Waals surface area contributed by atoms with E-state index < -0.39 is 0 Å². The van der Waals surface area contributed by atoms with Gasteiger partial charge in [0.15, 0.2) is 0 Å². The van der Waals surface area contributed by atoms with E-state index in [1.165, 1.54) is 12.4 Å². The lowest BCUT2D eigenvalue weighted by Crippen LogP contribution is -2.09. The van der Waals surface area contributed by atoms with Gasteiger partial charge in [0.1, 0.15) is 11.6 Å². The summed E-state index contributed by atoms with van der Waals surface area (Å²) < 4.78 is 4.30. The van der Waals surface area contributed by atoms with Crippen LogP contribution >= 0.6 is 31.0 Å². The molecule has 28 heavy (non-hydrogen) atoms. The van der Waals surface area contributed by atoms with Gasteiger partial charge in [0, 0.05) is 35.4 Å². The third-order valence-corrected chi connectivity index (χ3v) is 4.67. The van der Waals surface area contributed by atoms with Crippen LogP contribution in [0.15, 0.2) is 48.2 Å². The monoisotopic (exact) mass is 507 g/mol. The summed E-state index contributed by atoms with van der Waals surface area (Å²) in [4.78, 5) is 4.94. The highest BCUT2D eigenvalue weighted by atomic mass is 127. The lowest BCUT2D eigenvalue weighted by atomic mass is 10.1. The molecule has 0 aliphatic rings. The molecule has 0 aromatic carbocycles. The topological polar surface area (TPSA) is 72.6 Å². The predicted molar refractivity (Wildman–Crippen MR) is 130 cm³/mol. The Morgan fingerprint density at radius 3 is 1.68 bits per heavy atom. The van der Waals surface area contributed by atoms with E-state index in [0.29, 0.717) is 6.42 Å². The molecule has 0 unspecified atom stereocenters. The summed E-state index contributed by atoms with van der Waals surface area (Å²) in [5.41, 5.74) is 12.1. The Kier molecular flexibility index (Phi) is 7.94. The molecule has 3 heterocycles. The molecule has 0 bridgehead atoms. The minimum absolute atomic E-state index is 0.598. The first-order valence-corrected chi connectivity index (χ1v) is 12.1. The molecule has 0 atom stereocenters. The lowest BCUT2D eigenvalue weighted by Gasteiger charge is -2.15. The van der Waals surface area contributed by atoms with E-state index >= 15 is 0 Å². The van der Waals surface area contributed by atoms with E-state index in [1.807, 2.05) is 21.2 Å². The van der Waals surface area contributed by atoms with Crippen molar-refractivity contribution in [3.05, 3.63) is 76.5 Å². The van der Waals surface area contributed by atoms with Crippen LogP contribution in [-0.2, 0) is 6.42 Å². The number of nitrogens with two attached hydrogens (primary N) is 1. The zero-order valence-corrected chi connectivity index (χ0v) is 19.6. The summed E-state index contributed by atoms with van der Waals surface area (Å²) in [7, 11) is 3.50. The second-order valence-electron chi connectivity index (χ2n) is 6.66. The van der Waals surface area contributed by atoms with Crippen LogP contribution in [0.4, 0.5) is 0 Å². The minimum atomic E-state index is 0.598. The van der Waals surface area contributed by atoms with E-state index in [-0.39, 0.29) is 0 Å². The first kappa shape index (κ1) is 22.3. The Morgan fingerprint density at radius 1 is 0.964 bits per heavy atom. The molecular weight excluding hydrogens is 481 g/mol. The quantitative estimate of drug-likeness (QED) is 0.253. The average Bonchev–Trinajstić information content (AvgIpc) is 3.21. The van der Waals surface area contributed by atoms with Gasteiger partial charge in [-0.25, -0.2) is 4.98 Å². The number of nitrogens with zero attached hydrogens (tertiary/aromatic N) is 3. The maximum atomic E-state index is 7.53. The Morgan fingerprint density at radius 2 is 1.36 bits per heavy atom.